The first-order valence-corrected chi connectivity index (χ1v) is 7.52. The van der Waals surface area contributed by atoms with Crippen molar-refractivity contribution in [2.75, 3.05) is 32.7 Å². The normalized spacial score (nSPS) is 18.1. The minimum absolute atomic E-state index is 0. The first kappa shape index (κ1) is 19.9. The van der Waals surface area contributed by atoms with Crippen molar-refractivity contribution in [2.45, 2.75) is 45.6 Å². The van der Waals surface area contributed by atoms with Crippen molar-refractivity contribution in [2.24, 2.45) is 16.6 Å². The van der Waals surface area contributed by atoms with Crippen LogP contribution in [-0.2, 0) is 0 Å². The molecule has 1 fully saturated rings. The average Bonchev–Trinajstić information content (AvgIpc) is 2.36. The zero-order valence-electron chi connectivity index (χ0n) is 12.8. The molecule has 0 saturated carbocycles. The van der Waals surface area contributed by atoms with Gasteiger partial charge in [0.1, 0.15) is 0 Å². The molecule has 1 aliphatic heterocycles. The third kappa shape index (κ3) is 9.77. The Hall–Kier alpha value is -0.0800. The van der Waals surface area contributed by atoms with Crippen LogP contribution in [0.15, 0.2) is 4.99 Å². The average molecular weight is 398 g/mol. The highest BCUT2D eigenvalue weighted by molar-refractivity contribution is 14.0. The third-order valence-corrected chi connectivity index (χ3v) is 3.50. The lowest BCUT2D eigenvalue weighted by Gasteiger charge is -2.29. The van der Waals surface area contributed by atoms with Gasteiger partial charge in [-0.1, -0.05) is 13.8 Å². The molecule has 0 amide bonds. The first-order valence-electron chi connectivity index (χ1n) is 7.52. The molecule has 0 bridgehead atoms. The van der Waals surface area contributed by atoms with E-state index in [1.54, 1.807) is 0 Å². The van der Waals surface area contributed by atoms with Crippen molar-refractivity contribution < 1.29 is 5.11 Å². The van der Waals surface area contributed by atoms with Gasteiger partial charge in [-0.15, -0.1) is 24.0 Å². The fourth-order valence-electron chi connectivity index (χ4n) is 2.18. The van der Waals surface area contributed by atoms with Crippen LogP contribution < -0.4 is 11.1 Å². The molecule has 0 spiro atoms. The molecule has 0 aliphatic carbocycles. The summed E-state index contributed by atoms with van der Waals surface area (Å²) in [4.78, 5) is 6.72. The fourth-order valence-corrected chi connectivity index (χ4v) is 2.18. The molecule has 0 atom stereocenters. The van der Waals surface area contributed by atoms with E-state index in [-0.39, 0.29) is 30.1 Å². The van der Waals surface area contributed by atoms with Gasteiger partial charge in [0.05, 0.1) is 6.10 Å². The molecule has 5 nitrogen and oxygen atoms in total. The molecule has 1 heterocycles. The number of aliphatic hydroxyl groups is 1. The summed E-state index contributed by atoms with van der Waals surface area (Å²) in [5.74, 6) is 1.25. The quantitative estimate of drug-likeness (QED) is 0.262. The Morgan fingerprint density at radius 2 is 2.05 bits per heavy atom. The fraction of sp³-hybridized carbons (Fsp3) is 0.929. The number of piperidine rings is 1. The summed E-state index contributed by atoms with van der Waals surface area (Å²) in [5, 5.41) is 12.6. The van der Waals surface area contributed by atoms with E-state index in [0.717, 1.165) is 58.4 Å². The van der Waals surface area contributed by atoms with Crippen molar-refractivity contribution in [3.05, 3.63) is 0 Å². The number of guanidine groups is 1. The number of rotatable bonds is 7. The molecule has 0 aromatic heterocycles. The summed E-state index contributed by atoms with van der Waals surface area (Å²) in [5.41, 5.74) is 5.79. The second kappa shape index (κ2) is 11.6. The smallest absolute Gasteiger partial charge is 0.188 e. The van der Waals surface area contributed by atoms with Gasteiger partial charge < -0.3 is 21.1 Å². The summed E-state index contributed by atoms with van der Waals surface area (Å²) in [6.07, 6.45) is 3.87. The van der Waals surface area contributed by atoms with E-state index >= 15 is 0 Å². The Balaban J connectivity index is 0.00000361. The molecule has 20 heavy (non-hydrogen) atoms. The van der Waals surface area contributed by atoms with E-state index in [0.29, 0.717) is 11.9 Å². The molecule has 6 heteroatoms. The second-order valence-corrected chi connectivity index (χ2v) is 5.80. The largest absolute Gasteiger partial charge is 0.393 e. The molecule has 0 unspecified atom stereocenters. The van der Waals surface area contributed by atoms with Crippen molar-refractivity contribution in [1.29, 1.82) is 0 Å². The minimum atomic E-state index is -0.0879. The molecule has 4 N–H and O–H groups in total. The van der Waals surface area contributed by atoms with Crippen LogP contribution in [0.1, 0.15) is 39.5 Å². The van der Waals surface area contributed by atoms with Gasteiger partial charge in [0.25, 0.3) is 0 Å². The molecule has 0 aromatic carbocycles. The van der Waals surface area contributed by atoms with Crippen LogP contribution in [0.4, 0.5) is 0 Å². The van der Waals surface area contributed by atoms with Crippen LogP contribution in [-0.4, -0.2) is 54.8 Å². The predicted octanol–water partition coefficient (Wildman–Crippen LogP) is 1.40. The SMILES string of the molecule is CC(C)CCNC(N)=NCCCN1CCC(O)CC1.I. The number of nitrogens with one attached hydrogen (secondary N) is 1. The van der Waals surface area contributed by atoms with E-state index in [1.807, 2.05) is 0 Å². The van der Waals surface area contributed by atoms with E-state index in [2.05, 4.69) is 29.1 Å². The first-order chi connectivity index (χ1) is 9.08. The van der Waals surface area contributed by atoms with E-state index in [9.17, 15) is 5.11 Å². The summed E-state index contributed by atoms with van der Waals surface area (Å²) >= 11 is 0. The number of hydrogen-bond acceptors (Lipinski definition) is 3. The number of nitrogens with zero attached hydrogens (tertiary/aromatic N) is 2. The maximum atomic E-state index is 9.42. The molecule has 120 valence electrons. The van der Waals surface area contributed by atoms with Crippen molar-refractivity contribution >= 4 is 29.9 Å². The lowest BCUT2D eigenvalue weighted by atomic mass is 10.1. The lowest BCUT2D eigenvalue weighted by Crippen LogP contribution is -2.37. The molecular formula is C14H31IN4O. The number of aliphatic hydroxyl groups excluding tert-OH is 1. The molecule has 0 radical (unpaired) electrons. The number of likely N-dealkylation sites (tertiary alicyclic amines) is 1. The van der Waals surface area contributed by atoms with Crippen molar-refractivity contribution in [1.82, 2.24) is 10.2 Å². The van der Waals surface area contributed by atoms with Gasteiger partial charge in [0.2, 0.25) is 0 Å². The molecular weight excluding hydrogens is 367 g/mol. The number of hydrogen-bond donors (Lipinski definition) is 3. The van der Waals surface area contributed by atoms with E-state index in [4.69, 9.17) is 5.73 Å². The maximum absolute atomic E-state index is 9.42. The number of aliphatic imine (C=N–C) groups is 1. The van der Waals surface area contributed by atoms with Crippen LogP contribution in [0.2, 0.25) is 0 Å². The van der Waals surface area contributed by atoms with Crippen LogP contribution in [0.5, 0.6) is 0 Å². The van der Waals surface area contributed by atoms with Crippen LogP contribution in [0, 0.1) is 5.92 Å². The highest BCUT2D eigenvalue weighted by Gasteiger charge is 2.15. The van der Waals surface area contributed by atoms with Gasteiger partial charge in [0.15, 0.2) is 5.96 Å². The van der Waals surface area contributed by atoms with E-state index < -0.39 is 0 Å². The predicted molar refractivity (Wildman–Crippen MR) is 95.7 cm³/mol. The van der Waals surface area contributed by atoms with Crippen LogP contribution in [0.25, 0.3) is 0 Å². The standard InChI is InChI=1S/C14H30N4O.HI/c1-12(2)4-8-17-14(15)16-7-3-9-18-10-5-13(19)6-11-18;/h12-13,19H,3-11H2,1-2H3,(H3,15,16,17);1H. The minimum Gasteiger partial charge on any atom is -0.393 e. The van der Waals surface area contributed by atoms with E-state index in [1.165, 1.54) is 0 Å². The topological polar surface area (TPSA) is 73.9 Å². The second-order valence-electron chi connectivity index (χ2n) is 5.80. The molecule has 1 aliphatic rings. The Morgan fingerprint density at radius 1 is 1.40 bits per heavy atom. The van der Waals surface area contributed by atoms with Gasteiger partial charge in [-0.25, -0.2) is 0 Å². The Morgan fingerprint density at radius 3 is 2.65 bits per heavy atom. The highest BCUT2D eigenvalue weighted by atomic mass is 127. The lowest BCUT2D eigenvalue weighted by molar-refractivity contribution is 0.0824. The van der Waals surface area contributed by atoms with Crippen LogP contribution in [0.3, 0.4) is 0 Å². The molecule has 1 rings (SSSR count). The Bertz CT molecular complexity index is 266. The number of nitrogens with two attached hydrogens (primary N) is 1. The zero-order chi connectivity index (χ0) is 14.1. The summed E-state index contributed by atoms with van der Waals surface area (Å²) < 4.78 is 0. The monoisotopic (exact) mass is 398 g/mol. The molecule has 0 aromatic rings. The Labute approximate surface area is 140 Å². The Kier molecular flexibility index (Phi) is 11.5. The maximum Gasteiger partial charge on any atom is 0.188 e. The zero-order valence-corrected chi connectivity index (χ0v) is 15.2. The summed E-state index contributed by atoms with van der Waals surface area (Å²) in [7, 11) is 0. The van der Waals surface area contributed by atoms with Gasteiger partial charge in [0, 0.05) is 26.2 Å². The highest BCUT2D eigenvalue weighted by Crippen LogP contribution is 2.09. The summed E-state index contributed by atoms with van der Waals surface area (Å²) in [6, 6.07) is 0. The van der Waals surface area contributed by atoms with Gasteiger partial charge in [-0.05, 0) is 38.1 Å². The van der Waals surface area contributed by atoms with Crippen LogP contribution >= 0.6 is 24.0 Å². The number of halogens is 1. The van der Waals surface area contributed by atoms with Crippen molar-refractivity contribution in [3.8, 4) is 0 Å². The van der Waals surface area contributed by atoms with Crippen molar-refractivity contribution in [3.63, 3.8) is 0 Å². The van der Waals surface area contributed by atoms with Gasteiger partial charge in [-0.3, -0.25) is 4.99 Å². The van der Waals surface area contributed by atoms with Gasteiger partial charge >= 0.3 is 0 Å². The molecule has 1 saturated heterocycles. The third-order valence-electron chi connectivity index (χ3n) is 3.50. The van der Waals surface area contributed by atoms with Gasteiger partial charge in [-0.2, -0.15) is 0 Å². The summed E-state index contributed by atoms with van der Waals surface area (Å²) in [6.45, 7) is 9.14.